The van der Waals surface area contributed by atoms with Crippen molar-refractivity contribution in [2.24, 2.45) is 0 Å². The van der Waals surface area contributed by atoms with Crippen molar-refractivity contribution in [2.75, 3.05) is 13.2 Å². The molecule has 0 spiro atoms. The van der Waals surface area contributed by atoms with E-state index >= 15 is 0 Å². The molecule has 3 rings (SSSR count). The average molecular weight is 423 g/mol. The molecule has 0 aliphatic heterocycles. The molecular formula is C24H23ClN2O3. The molecule has 154 valence electrons. The van der Waals surface area contributed by atoms with Crippen LogP contribution in [0.25, 0.3) is 0 Å². The SMILES string of the molecule is O=C(NC(Cc1ccccc1)C(=O)NCCOc1ccccc1)c1ccc(Cl)cc1. The molecule has 1 atom stereocenters. The molecule has 0 aliphatic carbocycles. The molecule has 0 heterocycles. The smallest absolute Gasteiger partial charge is 0.251 e. The molecule has 0 saturated heterocycles. The van der Waals surface area contributed by atoms with Crippen LogP contribution < -0.4 is 15.4 Å². The number of hydrogen-bond acceptors (Lipinski definition) is 3. The maximum atomic E-state index is 12.8. The molecule has 0 fully saturated rings. The summed E-state index contributed by atoms with van der Waals surface area (Å²) in [5, 5.41) is 6.21. The number of carbonyl (C=O) groups is 2. The van der Waals surface area contributed by atoms with E-state index in [0.29, 0.717) is 30.2 Å². The standard InChI is InChI=1S/C24H23ClN2O3/c25-20-13-11-19(12-14-20)23(28)27-22(17-18-7-3-1-4-8-18)24(29)26-15-16-30-21-9-5-2-6-10-21/h1-14,22H,15-17H2,(H,26,29)(H,27,28). The first-order valence-corrected chi connectivity index (χ1v) is 10.1. The number of ether oxygens (including phenoxy) is 1. The van der Waals surface area contributed by atoms with Gasteiger partial charge < -0.3 is 15.4 Å². The van der Waals surface area contributed by atoms with Gasteiger partial charge in [0.15, 0.2) is 0 Å². The first-order chi connectivity index (χ1) is 14.6. The third-order valence-corrected chi connectivity index (χ3v) is 4.68. The molecule has 0 aromatic heterocycles. The van der Waals surface area contributed by atoms with Crippen LogP contribution in [-0.4, -0.2) is 31.0 Å². The number of rotatable bonds is 9. The monoisotopic (exact) mass is 422 g/mol. The highest BCUT2D eigenvalue weighted by Gasteiger charge is 2.21. The topological polar surface area (TPSA) is 67.4 Å². The van der Waals surface area contributed by atoms with Crippen molar-refractivity contribution in [1.29, 1.82) is 0 Å². The zero-order chi connectivity index (χ0) is 21.2. The van der Waals surface area contributed by atoms with Crippen LogP contribution in [0.2, 0.25) is 5.02 Å². The lowest BCUT2D eigenvalue weighted by Gasteiger charge is -2.19. The van der Waals surface area contributed by atoms with E-state index < -0.39 is 6.04 Å². The van der Waals surface area contributed by atoms with Gasteiger partial charge in [-0.1, -0.05) is 60.1 Å². The second-order valence-electron chi connectivity index (χ2n) is 6.68. The highest BCUT2D eigenvalue weighted by Crippen LogP contribution is 2.11. The van der Waals surface area contributed by atoms with E-state index in [0.717, 1.165) is 11.3 Å². The molecule has 5 nitrogen and oxygen atoms in total. The number of benzene rings is 3. The normalized spacial score (nSPS) is 11.4. The quantitative estimate of drug-likeness (QED) is 0.514. The molecule has 1 unspecified atom stereocenters. The van der Waals surface area contributed by atoms with Gasteiger partial charge in [0, 0.05) is 17.0 Å². The molecule has 30 heavy (non-hydrogen) atoms. The zero-order valence-corrected chi connectivity index (χ0v) is 17.1. The fraction of sp³-hybridized carbons (Fsp3) is 0.167. The van der Waals surface area contributed by atoms with E-state index in [4.69, 9.17) is 16.3 Å². The van der Waals surface area contributed by atoms with E-state index in [-0.39, 0.29) is 11.8 Å². The van der Waals surface area contributed by atoms with Crippen molar-refractivity contribution in [2.45, 2.75) is 12.5 Å². The van der Waals surface area contributed by atoms with Gasteiger partial charge in [-0.15, -0.1) is 0 Å². The Bertz CT molecular complexity index is 947. The summed E-state index contributed by atoms with van der Waals surface area (Å²) in [7, 11) is 0. The summed E-state index contributed by atoms with van der Waals surface area (Å²) >= 11 is 5.89. The second-order valence-corrected chi connectivity index (χ2v) is 7.11. The van der Waals surface area contributed by atoms with Gasteiger partial charge in [-0.2, -0.15) is 0 Å². The number of carbonyl (C=O) groups excluding carboxylic acids is 2. The van der Waals surface area contributed by atoms with Gasteiger partial charge in [0.05, 0.1) is 6.54 Å². The van der Waals surface area contributed by atoms with Crippen LogP contribution in [0.1, 0.15) is 15.9 Å². The van der Waals surface area contributed by atoms with Gasteiger partial charge in [0.2, 0.25) is 5.91 Å². The van der Waals surface area contributed by atoms with Gasteiger partial charge in [0.25, 0.3) is 5.91 Å². The lowest BCUT2D eigenvalue weighted by atomic mass is 10.0. The fourth-order valence-corrected chi connectivity index (χ4v) is 3.01. The number of para-hydroxylation sites is 1. The fourth-order valence-electron chi connectivity index (χ4n) is 2.88. The van der Waals surface area contributed by atoms with Crippen LogP contribution in [0.3, 0.4) is 0 Å². The summed E-state index contributed by atoms with van der Waals surface area (Å²) < 4.78 is 5.60. The van der Waals surface area contributed by atoms with E-state index in [1.807, 2.05) is 60.7 Å². The Morgan fingerprint density at radius 2 is 1.50 bits per heavy atom. The molecule has 2 amide bonds. The van der Waals surface area contributed by atoms with E-state index in [1.54, 1.807) is 24.3 Å². The highest BCUT2D eigenvalue weighted by molar-refractivity contribution is 6.30. The molecule has 0 radical (unpaired) electrons. The van der Waals surface area contributed by atoms with E-state index in [9.17, 15) is 9.59 Å². The molecule has 0 bridgehead atoms. The van der Waals surface area contributed by atoms with E-state index in [2.05, 4.69) is 10.6 Å². The van der Waals surface area contributed by atoms with Crippen molar-refractivity contribution in [3.05, 3.63) is 101 Å². The first kappa shape index (κ1) is 21.4. The number of hydrogen-bond donors (Lipinski definition) is 2. The maximum Gasteiger partial charge on any atom is 0.251 e. The summed E-state index contributed by atoms with van der Waals surface area (Å²) in [5.41, 5.74) is 1.40. The first-order valence-electron chi connectivity index (χ1n) is 9.68. The van der Waals surface area contributed by atoms with Crippen molar-refractivity contribution in [1.82, 2.24) is 10.6 Å². The molecule has 0 saturated carbocycles. The Kier molecular flexibility index (Phi) is 7.86. The average Bonchev–Trinajstić information content (AvgIpc) is 2.78. The van der Waals surface area contributed by atoms with E-state index in [1.165, 1.54) is 0 Å². The summed E-state index contributed by atoms with van der Waals surface area (Å²) in [4.78, 5) is 25.4. The predicted octanol–water partition coefficient (Wildman–Crippen LogP) is 3.88. The van der Waals surface area contributed by atoms with Crippen molar-refractivity contribution >= 4 is 23.4 Å². The summed E-state index contributed by atoms with van der Waals surface area (Å²) in [5.74, 6) is 0.143. The number of halogens is 1. The minimum absolute atomic E-state index is 0.266. The van der Waals surface area contributed by atoms with Crippen molar-refractivity contribution in [3.8, 4) is 5.75 Å². The zero-order valence-electron chi connectivity index (χ0n) is 16.4. The van der Waals surface area contributed by atoms with Crippen LogP contribution in [0.5, 0.6) is 5.75 Å². The summed E-state index contributed by atoms with van der Waals surface area (Å²) in [6.45, 7) is 0.661. The number of amides is 2. The Balaban J connectivity index is 1.60. The molecule has 6 heteroatoms. The summed E-state index contributed by atoms with van der Waals surface area (Å²) in [6, 6.07) is 24.8. The van der Waals surface area contributed by atoms with Crippen molar-refractivity contribution in [3.63, 3.8) is 0 Å². The van der Waals surface area contributed by atoms with Gasteiger partial charge in [-0.25, -0.2) is 0 Å². The third kappa shape index (κ3) is 6.64. The Morgan fingerprint density at radius 1 is 0.867 bits per heavy atom. The Labute approximate surface area is 181 Å². The Morgan fingerprint density at radius 3 is 2.17 bits per heavy atom. The maximum absolute atomic E-state index is 12.8. The van der Waals surface area contributed by atoms with Crippen LogP contribution in [-0.2, 0) is 11.2 Å². The van der Waals surface area contributed by atoms with Crippen LogP contribution in [0.4, 0.5) is 0 Å². The highest BCUT2D eigenvalue weighted by atomic mass is 35.5. The van der Waals surface area contributed by atoms with Crippen LogP contribution in [0.15, 0.2) is 84.9 Å². The van der Waals surface area contributed by atoms with Gasteiger partial charge >= 0.3 is 0 Å². The molecule has 3 aromatic rings. The van der Waals surface area contributed by atoms with Gasteiger partial charge in [-0.3, -0.25) is 9.59 Å². The van der Waals surface area contributed by atoms with Crippen LogP contribution in [0, 0.1) is 0 Å². The lowest BCUT2D eigenvalue weighted by Crippen LogP contribution is -2.48. The second kappa shape index (κ2) is 11.0. The predicted molar refractivity (Wildman–Crippen MR) is 118 cm³/mol. The minimum Gasteiger partial charge on any atom is -0.492 e. The molecule has 0 aliphatic rings. The minimum atomic E-state index is -0.715. The third-order valence-electron chi connectivity index (χ3n) is 4.42. The molecule has 2 N–H and O–H groups in total. The van der Waals surface area contributed by atoms with Gasteiger partial charge in [-0.05, 0) is 42.0 Å². The van der Waals surface area contributed by atoms with Crippen molar-refractivity contribution < 1.29 is 14.3 Å². The molecule has 3 aromatic carbocycles. The Hall–Kier alpha value is -3.31. The molecular weight excluding hydrogens is 400 g/mol. The van der Waals surface area contributed by atoms with Gasteiger partial charge in [0.1, 0.15) is 18.4 Å². The largest absolute Gasteiger partial charge is 0.492 e. The number of nitrogens with one attached hydrogen (secondary N) is 2. The summed E-state index contributed by atoms with van der Waals surface area (Å²) in [6.07, 6.45) is 0.381. The lowest BCUT2D eigenvalue weighted by molar-refractivity contribution is -0.123. The van der Waals surface area contributed by atoms with Crippen LogP contribution >= 0.6 is 11.6 Å².